The number of nitrogens with zero attached hydrogens (tertiary/aromatic N) is 1. The van der Waals surface area contributed by atoms with Gasteiger partial charge in [0.25, 0.3) is 0 Å². The van der Waals surface area contributed by atoms with Gasteiger partial charge in [0.15, 0.2) is 5.96 Å². The highest BCUT2D eigenvalue weighted by Gasteiger charge is 2.12. The average Bonchev–Trinajstić information content (AvgIpc) is 3.04. The third kappa shape index (κ3) is 7.32. The van der Waals surface area contributed by atoms with Crippen molar-refractivity contribution in [2.45, 2.75) is 38.1 Å². The van der Waals surface area contributed by atoms with Crippen LogP contribution in [-0.4, -0.2) is 40.1 Å². The molecule has 0 aliphatic rings. The third-order valence-electron chi connectivity index (χ3n) is 3.76. The highest BCUT2D eigenvalue weighted by Crippen LogP contribution is 2.16. The predicted molar refractivity (Wildman–Crippen MR) is 113 cm³/mol. The van der Waals surface area contributed by atoms with Crippen molar-refractivity contribution in [3.63, 3.8) is 0 Å². The molecule has 0 aliphatic heterocycles. The minimum Gasteiger partial charge on any atom is -0.357 e. The summed E-state index contributed by atoms with van der Waals surface area (Å²) in [6, 6.07) is 12.9. The molecule has 2 rings (SSSR count). The summed E-state index contributed by atoms with van der Waals surface area (Å²) in [4.78, 5) is 7.37. The number of aryl methyl sites for hydroxylation is 1. The van der Waals surface area contributed by atoms with Crippen LogP contribution in [0.3, 0.4) is 0 Å². The first kappa shape index (κ1) is 21.4. The fourth-order valence-electron chi connectivity index (χ4n) is 2.53. The minimum absolute atomic E-state index is 0.224. The zero-order valence-corrected chi connectivity index (χ0v) is 17.7. The molecule has 1 aromatic carbocycles. The molecule has 27 heavy (non-hydrogen) atoms. The summed E-state index contributed by atoms with van der Waals surface area (Å²) in [7, 11) is -3.49. The van der Waals surface area contributed by atoms with Crippen molar-refractivity contribution in [3.05, 3.63) is 52.2 Å². The Morgan fingerprint density at radius 3 is 2.56 bits per heavy atom. The second-order valence-corrected chi connectivity index (χ2v) is 9.37. The van der Waals surface area contributed by atoms with Gasteiger partial charge >= 0.3 is 0 Å². The van der Waals surface area contributed by atoms with Gasteiger partial charge in [-0.3, -0.25) is 4.99 Å². The van der Waals surface area contributed by atoms with Crippen LogP contribution in [0.4, 0.5) is 0 Å². The Bertz CT molecular complexity index is 832. The number of hydrogen-bond acceptors (Lipinski definition) is 4. The molecule has 0 amide bonds. The second kappa shape index (κ2) is 10.4. The van der Waals surface area contributed by atoms with Gasteiger partial charge < -0.3 is 10.6 Å². The maximum atomic E-state index is 12.2. The number of sulfonamides is 1. The first-order valence-corrected chi connectivity index (χ1v) is 11.4. The van der Waals surface area contributed by atoms with Crippen LogP contribution in [0, 0.1) is 6.92 Å². The van der Waals surface area contributed by atoms with E-state index in [2.05, 4.69) is 46.3 Å². The lowest BCUT2D eigenvalue weighted by Crippen LogP contribution is -2.43. The molecule has 8 heteroatoms. The lowest BCUT2D eigenvalue weighted by molar-refractivity contribution is 0.581. The van der Waals surface area contributed by atoms with E-state index in [4.69, 9.17) is 0 Å². The van der Waals surface area contributed by atoms with Crippen molar-refractivity contribution < 1.29 is 8.42 Å². The van der Waals surface area contributed by atoms with E-state index in [1.807, 2.05) is 6.92 Å². The molecule has 1 heterocycles. The van der Waals surface area contributed by atoms with E-state index >= 15 is 0 Å². The van der Waals surface area contributed by atoms with E-state index in [9.17, 15) is 8.42 Å². The van der Waals surface area contributed by atoms with Crippen molar-refractivity contribution in [2.75, 3.05) is 19.6 Å². The van der Waals surface area contributed by atoms with Gasteiger partial charge in [-0.25, -0.2) is 13.1 Å². The predicted octanol–water partition coefficient (Wildman–Crippen LogP) is 2.52. The van der Waals surface area contributed by atoms with E-state index in [0.29, 0.717) is 12.5 Å². The molecule has 3 N–H and O–H groups in total. The maximum absolute atomic E-state index is 12.2. The molecule has 148 valence electrons. The van der Waals surface area contributed by atoms with Crippen LogP contribution in [0.5, 0.6) is 0 Å². The molecule has 2 aromatic rings. The zero-order valence-electron chi connectivity index (χ0n) is 16.0. The number of guanidine groups is 1. The number of nitrogens with one attached hydrogen (secondary N) is 3. The lowest BCUT2D eigenvalue weighted by Gasteiger charge is -2.17. The highest BCUT2D eigenvalue weighted by molar-refractivity contribution is 7.89. The Morgan fingerprint density at radius 1 is 1.19 bits per heavy atom. The lowest BCUT2D eigenvalue weighted by atomic mass is 10.2. The molecule has 1 aromatic heterocycles. The Labute approximate surface area is 166 Å². The van der Waals surface area contributed by atoms with Gasteiger partial charge in [-0.05, 0) is 45.0 Å². The molecule has 0 bridgehead atoms. The summed E-state index contributed by atoms with van der Waals surface area (Å²) in [5.74, 6) is 0.692. The quantitative estimate of drug-likeness (QED) is 0.338. The molecule has 0 fully saturated rings. The molecular formula is C19H28N4O2S2. The van der Waals surface area contributed by atoms with Gasteiger partial charge in [-0.15, -0.1) is 11.3 Å². The van der Waals surface area contributed by atoms with Crippen molar-refractivity contribution in [1.82, 2.24) is 15.4 Å². The number of benzene rings is 1. The van der Waals surface area contributed by atoms with Gasteiger partial charge in [0, 0.05) is 35.3 Å². The van der Waals surface area contributed by atoms with Crippen LogP contribution in [0.1, 0.15) is 23.6 Å². The molecule has 1 atom stereocenters. The van der Waals surface area contributed by atoms with Crippen molar-refractivity contribution in [2.24, 2.45) is 4.99 Å². The Morgan fingerprint density at radius 2 is 1.93 bits per heavy atom. The standard InChI is InChI=1S/C19H28N4O2S2/c1-4-20-19(23-15(2)14-17-11-10-16(3)26-17)21-12-13-22-27(24,25)18-8-6-5-7-9-18/h5-11,15,22H,4,12-14H2,1-3H3,(H2,20,21,23). The SMILES string of the molecule is CCNC(=NCCNS(=O)(=O)c1ccccc1)NC(C)Cc1ccc(C)s1. The molecule has 1 unspecified atom stereocenters. The monoisotopic (exact) mass is 408 g/mol. The number of hydrogen-bond donors (Lipinski definition) is 3. The summed E-state index contributed by atoms with van der Waals surface area (Å²) in [5, 5.41) is 6.57. The molecule has 6 nitrogen and oxygen atoms in total. The molecule has 0 aliphatic carbocycles. The smallest absolute Gasteiger partial charge is 0.240 e. The van der Waals surface area contributed by atoms with Crippen molar-refractivity contribution in [1.29, 1.82) is 0 Å². The summed E-state index contributed by atoms with van der Waals surface area (Å²) in [5.41, 5.74) is 0. The van der Waals surface area contributed by atoms with Crippen molar-refractivity contribution >= 4 is 27.3 Å². The van der Waals surface area contributed by atoms with E-state index < -0.39 is 10.0 Å². The van der Waals surface area contributed by atoms with Gasteiger partial charge in [0.05, 0.1) is 11.4 Å². The molecule has 0 saturated carbocycles. The minimum atomic E-state index is -3.49. The molecular weight excluding hydrogens is 380 g/mol. The van der Waals surface area contributed by atoms with E-state index in [-0.39, 0.29) is 17.5 Å². The highest BCUT2D eigenvalue weighted by atomic mass is 32.2. The van der Waals surface area contributed by atoms with E-state index in [1.165, 1.54) is 9.75 Å². The molecule has 0 spiro atoms. The fourth-order valence-corrected chi connectivity index (χ4v) is 4.59. The average molecular weight is 409 g/mol. The number of rotatable bonds is 9. The first-order chi connectivity index (χ1) is 12.9. The topological polar surface area (TPSA) is 82.6 Å². The normalized spacial score (nSPS) is 13.4. The van der Waals surface area contributed by atoms with Crippen LogP contribution < -0.4 is 15.4 Å². The number of thiophene rings is 1. The summed E-state index contributed by atoms with van der Waals surface area (Å²) in [6.45, 7) is 7.56. The van der Waals surface area contributed by atoms with Gasteiger partial charge in [-0.2, -0.15) is 0 Å². The van der Waals surface area contributed by atoms with Gasteiger partial charge in [0.2, 0.25) is 10.0 Å². The van der Waals surface area contributed by atoms with Crippen molar-refractivity contribution in [3.8, 4) is 0 Å². The van der Waals surface area contributed by atoms with E-state index in [0.717, 1.165) is 13.0 Å². The van der Waals surface area contributed by atoms with Crippen LogP contribution in [0.15, 0.2) is 52.4 Å². The van der Waals surface area contributed by atoms with Crippen LogP contribution >= 0.6 is 11.3 Å². The summed E-state index contributed by atoms with van der Waals surface area (Å²) < 4.78 is 27.0. The first-order valence-electron chi connectivity index (χ1n) is 9.05. The summed E-state index contributed by atoms with van der Waals surface area (Å²) in [6.07, 6.45) is 0.920. The van der Waals surface area contributed by atoms with Crippen LogP contribution in [-0.2, 0) is 16.4 Å². The summed E-state index contributed by atoms with van der Waals surface area (Å²) >= 11 is 1.80. The maximum Gasteiger partial charge on any atom is 0.240 e. The largest absolute Gasteiger partial charge is 0.357 e. The van der Waals surface area contributed by atoms with E-state index in [1.54, 1.807) is 41.7 Å². The molecule has 0 saturated heterocycles. The Kier molecular flexibility index (Phi) is 8.27. The Balaban J connectivity index is 1.85. The Hall–Kier alpha value is -1.90. The van der Waals surface area contributed by atoms with Crippen LogP contribution in [0.2, 0.25) is 0 Å². The van der Waals surface area contributed by atoms with Gasteiger partial charge in [-0.1, -0.05) is 18.2 Å². The molecule has 0 radical (unpaired) electrons. The fraction of sp³-hybridized carbons (Fsp3) is 0.421. The number of aliphatic imine (C=N–C) groups is 1. The van der Waals surface area contributed by atoms with Gasteiger partial charge in [0.1, 0.15) is 0 Å². The second-order valence-electron chi connectivity index (χ2n) is 6.23. The van der Waals surface area contributed by atoms with Crippen LogP contribution in [0.25, 0.3) is 0 Å². The third-order valence-corrected chi connectivity index (χ3v) is 6.26. The zero-order chi connectivity index (χ0) is 19.7.